The Morgan fingerprint density at radius 3 is 2.85 bits per heavy atom. The van der Waals surface area contributed by atoms with Crippen molar-refractivity contribution in [2.75, 3.05) is 12.8 Å². The third-order valence-corrected chi connectivity index (χ3v) is 2.39. The molecule has 0 bridgehead atoms. The molecular formula is C8H10N4S. The summed E-state index contributed by atoms with van der Waals surface area (Å²) in [5.41, 5.74) is 0. The van der Waals surface area contributed by atoms with Gasteiger partial charge in [-0.15, -0.1) is 0 Å². The van der Waals surface area contributed by atoms with E-state index in [1.54, 1.807) is 25.5 Å². The topological polar surface area (TPSA) is 61.6 Å². The van der Waals surface area contributed by atoms with E-state index in [9.17, 15) is 0 Å². The first-order valence-electron chi connectivity index (χ1n) is 3.83. The largest absolute Gasteiger partial charge is 0.304 e. The van der Waals surface area contributed by atoms with Crippen LogP contribution >= 0.6 is 11.8 Å². The molecular weight excluding hydrogens is 184 g/mol. The second-order valence-electron chi connectivity index (χ2n) is 2.31. The molecule has 0 aliphatic heterocycles. The van der Waals surface area contributed by atoms with E-state index in [2.05, 4.69) is 21.4 Å². The first-order valence-corrected chi connectivity index (χ1v) is 4.82. The lowest BCUT2D eigenvalue weighted by atomic mass is 10.4. The Bertz CT molecular complexity index is 282. The molecule has 0 saturated carbocycles. The van der Waals surface area contributed by atoms with Gasteiger partial charge in [0.1, 0.15) is 6.04 Å². The Balaban J connectivity index is 2.40. The maximum absolute atomic E-state index is 8.64. The molecule has 0 radical (unpaired) electrons. The van der Waals surface area contributed by atoms with Gasteiger partial charge in [-0.3, -0.25) is 0 Å². The fourth-order valence-electron chi connectivity index (χ4n) is 0.703. The molecule has 68 valence electrons. The van der Waals surface area contributed by atoms with E-state index in [4.69, 9.17) is 5.26 Å². The summed E-state index contributed by atoms with van der Waals surface area (Å²) in [5.74, 6) is 0.664. The third kappa shape index (κ3) is 3.40. The van der Waals surface area contributed by atoms with E-state index in [-0.39, 0.29) is 6.04 Å². The minimum absolute atomic E-state index is 0.145. The van der Waals surface area contributed by atoms with Crippen molar-refractivity contribution in [3.8, 4) is 6.07 Å². The molecule has 0 aliphatic carbocycles. The van der Waals surface area contributed by atoms with Crippen LogP contribution in [0.15, 0.2) is 23.6 Å². The van der Waals surface area contributed by atoms with Gasteiger partial charge < -0.3 is 5.32 Å². The highest BCUT2D eigenvalue weighted by Gasteiger charge is 2.05. The molecule has 0 aromatic carbocycles. The van der Waals surface area contributed by atoms with Crippen LogP contribution in [0.1, 0.15) is 0 Å². The average molecular weight is 194 g/mol. The van der Waals surface area contributed by atoms with Crippen molar-refractivity contribution in [3.63, 3.8) is 0 Å². The number of nitriles is 1. The first-order chi connectivity index (χ1) is 6.36. The zero-order valence-corrected chi connectivity index (χ0v) is 8.08. The minimum Gasteiger partial charge on any atom is -0.304 e. The van der Waals surface area contributed by atoms with Gasteiger partial charge in [-0.2, -0.15) is 5.26 Å². The molecule has 1 heterocycles. The molecule has 0 saturated heterocycles. The van der Waals surface area contributed by atoms with Crippen LogP contribution in [-0.4, -0.2) is 28.8 Å². The number of hydrogen-bond donors (Lipinski definition) is 1. The van der Waals surface area contributed by atoms with Gasteiger partial charge in [0, 0.05) is 18.1 Å². The quantitative estimate of drug-likeness (QED) is 0.564. The van der Waals surface area contributed by atoms with Crippen molar-refractivity contribution in [1.82, 2.24) is 15.3 Å². The molecule has 1 aromatic rings. The zero-order chi connectivity index (χ0) is 9.52. The van der Waals surface area contributed by atoms with Crippen molar-refractivity contribution in [1.29, 1.82) is 5.26 Å². The van der Waals surface area contributed by atoms with Crippen LogP contribution in [0.2, 0.25) is 0 Å². The van der Waals surface area contributed by atoms with E-state index < -0.39 is 0 Å². The number of nitrogens with zero attached hydrogens (tertiary/aromatic N) is 3. The summed E-state index contributed by atoms with van der Waals surface area (Å²) in [4.78, 5) is 8.07. The van der Waals surface area contributed by atoms with E-state index in [0.29, 0.717) is 10.9 Å². The van der Waals surface area contributed by atoms with Crippen molar-refractivity contribution >= 4 is 11.8 Å². The number of thioether (sulfide) groups is 1. The van der Waals surface area contributed by atoms with Crippen LogP contribution in [0.5, 0.6) is 0 Å². The molecule has 1 atom stereocenters. The van der Waals surface area contributed by atoms with Gasteiger partial charge in [-0.1, -0.05) is 11.8 Å². The standard InChI is InChI=1S/C8H10N4S/c1-10-7(5-9)6-13-8-11-3-2-4-12-8/h2-4,7,10H,6H2,1H3. The fourth-order valence-corrected chi connectivity index (χ4v) is 1.53. The SMILES string of the molecule is CNC(C#N)CSc1ncccn1. The smallest absolute Gasteiger partial charge is 0.187 e. The molecule has 4 nitrogen and oxygen atoms in total. The van der Waals surface area contributed by atoms with Crippen LogP contribution in [0.4, 0.5) is 0 Å². The van der Waals surface area contributed by atoms with Crippen molar-refractivity contribution in [3.05, 3.63) is 18.5 Å². The number of rotatable bonds is 4. The molecule has 0 amide bonds. The van der Waals surface area contributed by atoms with Crippen LogP contribution in [0, 0.1) is 11.3 Å². The summed E-state index contributed by atoms with van der Waals surface area (Å²) in [6.07, 6.45) is 3.38. The van der Waals surface area contributed by atoms with Crippen molar-refractivity contribution in [2.24, 2.45) is 0 Å². The average Bonchev–Trinajstić information content (AvgIpc) is 2.21. The summed E-state index contributed by atoms with van der Waals surface area (Å²) in [6, 6.07) is 3.76. The van der Waals surface area contributed by atoms with Gasteiger partial charge in [-0.05, 0) is 13.1 Å². The van der Waals surface area contributed by atoms with Crippen LogP contribution < -0.4 is 5.32 Å². The Labute approximate surface area is 81.4 Å². The Morgan fingerprint density at radius 1 is 1.62 bits per heavy atom. The van der Waals surface area contributed by atoms with Gasteiger partial charge >= 0.3 is 0 Å². The van der Waals surface area contributed by atoms with Gasteiger partial charge in [-0.25, -0.2) is 9.97 Å². The number of aromatic nitrogens is 2. The Kier molecular flexibility index (Phi) is 4.23. The molecule has 13 heavy (non-hydrogen) atoms. The van der Waals surface area contributed by atoms with E-state index in [1.807, 2.05) is 0 Å². The van der Waals surface area contributed by atoms with E-state index in [1.165, 1.54) is 11.8 Å². The number of hydrogen-bond acceptors (Lipinski definition) is 5. The van der Waals surface area contributed by atoms with Crippen LogP contribution in [-0.2, 0) is 0 Å². The molecule has 1 N–H and O–H groups in total. The van der Waals surface area contributed by atoms with E-state index >= 15 is 0 Å². The Hall–Kier alpha value is -1.12. The first kappa shape index (κ1) is 9.96. The molecule has 1 unspecified atom stereocenters. The predicted octanol–water partition coefficient (Wildman–Crippen LogP) is 0.680. The summed E-state index contributed by atoms with van der Waals surface area (Å²) < 4.78 is 0. The predicted molar refractivity (Wildman–Crippen MR) is 51.2 cm³/mol. The van der Waals surface area contributed by atoms with Gasteiger partial charge in [0.05, 0.1) is 6.07 Å². The van der Waals surface area contributed by atoms with Gasteiger partial charge in [0.15, 0.2) is 5.16 Å². The van der Waals surface area contributed by atoms with Gasteiger partial charge in [0.2, 0.25) is 0 Å². The maximum atomic E-state index is 8.64. The third-order valence-electron chi connectivity index (χ3n) is 1.43. The number of nitrogens with one attached hydrogen (secondary N) is 1. The lowest BCUT2D eigenvalue weighted by molar-refractivity contribution is 0.748. The molecule has 1 aromatic heterocycles. The molecule has 0 spiro atoms. The fraction of sp³-hybridized carbons (Fsp3) is 0.375. The highest BCUT2D eigenvalue weighted by molar-refractivity contribution is 7.99. The highest BCUT2D eigenvalue weighted by atomic mass is 32.2. The highest BCUT2D eigenvalue weighted by Crippen LogP contribution is 2.11. The second-order valence-corrected chi connectivity index (χ2v) is 3.30. The molecule has 5 heteroatoms. The minimum atomic E-state index is -0.145. The molecule has 1 rings (SSSR count). The normalized spacial score (nSPS) is 12.0. The zero-order valence-electron chi connectivity index (χ0n) is 7.27. The lowest BCUT2D eigenvalue weighted by Gasteiger charge is -2.04. The van der Waals surface area contributed by atoms with Crippen molar-refractivity contribution < 1.29 is 0 Å². The Morgan fingerprint density at radius 2 is 2.31 bits per heavy atom. The second kappa shape index (κ2) is 5.51. The van der Waals surface area contributed by atoms with Crippen LogP contribution in [0.3, 0.4) is 0 Å². The monoisotopic (exact) mass is 194 g/mol. The van der Waals surface area contributed by atoms with Gasteiger partial charge in [0.25, 0.3) is 0 Å². The van der Waals surface area contributed by atoms with Crippen molar-refractivity contribution in [2.45, 2.75) is 11.2 Å². The summed E-state index contributed by atoms with van der Waals surface area (Å²) >= 11 is 1.47. The summed E-state index contributed by atoms with van der Waals surface area (Å²) in [6.45, 7) is 0. The van der Waals surface area contributed by atoms with E-state index in [0.717, 1.165) is 0 Å². The summed E-state index contributed by atoms with van der Waals surface area (Å²) in [7, 11) is 1.76. The molecule has 0 aliphatic rings. The molecule has 0 fully saturated rings. The maximum Gasteiger partial charge on any atom is 0.187 e. The summed E-state index contributed by atoms with van der Waals surface area (Å²) in [5, 5.41) is 12.2. The van der Waals surface area contributed by atoms with Crippen LogP contribution in [0.25, 0.3) is 0 Å². The lowest BCUT2D eigenvalue weighted by Crippen LogP contribution is -2.25.